The molecule has 0 aliphatic rings. The Morgan fingerprint density at radius 2 is 2.00 bits per heavy atom. The molecule has 162 valence electrons. The highest BCUT2D eigenvalue weighted by Gasteiger charge is 2.10. The molecule has 3 aromatic rings. The number of sulfonamides is 1. The lowest BCUT2D eigenvalue weighted by atomic mass is 10.2. The maximum absolute atomic E-state index is 11.4. The molecule has 5 N–H and O–H groups in total. The van der Waals surface area contributed by atoms with Crippen molar-refractivity contribution in [2.45, 2.75) is 11.5 Å². The number of ether oxygens (including phenoxy) is 2. The van der Waals surface area contributed by atoms with Gasteiger partial charge in [-0.15, -0.1) is 5.10 Å². The first kappa shape index (κ1) is 22.1. The van der Waals surface area contributed by atoms with Gasteiger partial charge in [0.2, 0.25) is 10.0 Å². The van der Waals surface area contributed by atoms with Crippen LogP contribution in [0.25, 0.3) is 5.69 Å². The molecule has 1 heterocycles. The third-order valence-electron chi connectivity index (χ3n) is 3.92. The molecule has 0 spiro atoms. The van der Waals surface area contributed by atoms with E-state index in [9.17, 15) is 8.42 Å². The third-order valence-corrected chi connectivity index (χ3v) is 4.94. The Hall–Kier alpha value is -3.55. The number of hydrogen-bond acceptors (Lipinski definition) is 8. The van der Waals surface area contributed by atoms with E-state index in [0.717, 1.165) is 5.56 Å². The van der Waals surface area contributed by atoms with Crippen molar-refractivity contribution in [1.29, 1.82) is 0 Å². The Morgan fingerprint density at radius 3 is 2.65 bits per heavy atom. The van der Waals surface area contributed by atoms with Crippen LogP contribution in [0.2, 0.25) is 0 Å². The van der Waals surface area contributed by atoms with Crippen molar-refractivity contribution in [2.75, 3.05) is 7.11 Å². The molecule has 3 rings (SSSR count). The van der Waals surface area contributed by atoms with Crippen molar-refractivity contribution in [3.8, 4) is 17.2 Å². The van der Waals surface area contributed by atoms with Crippen LogP contribution in [0.5, 0.6) is 11.5 Å². The van der Waals surface area contributed by atoms with E-state index in [1.807, 2.05) is 0 Å². The summed E-state index contributed by atoms with van der Waals surface area (Å²) in [4.78, 5) is 0.0129. The van der Waals surface area contributed by atoms with Crippen LogP contribution < -0.4 is 25.8 Å². The van der Waals surface area contributed by atoms with Crippen molar-refractivity contribution in [1.82, 2.24) is 20.4 Å². The number of rotatable bonds is 8. The molecule has 0 aliphatic carbocycles. The number of nitrogens with two attached hydrogens (primary N) is 2. The number of nitrogens with one attached hydrogen (secondary N) is 1. The van der Waals surface area contributed by atoms with E-state index >= 15 is 0 Å². The standard InChI is InChI=1S/C18H19N7O4S2/c1-28-16-7-2-12(9-21-23-18(19)30)8-17(16)29-11-13-10-25(24-22-13)14-3-5-15(6-4-14)31(20,26)27/h2-10H,11H2,1H3,(H3,19,23,30)(H2,20,26,27)/b21-9+. The maximum Gasteiger partial charge on any atom is 0.238 e. The number of hydrogen-bond donors (Lipinski definition) is 3. The zero-order chi connectivity index (χ0) is 22.4. The summed E-state index contributed by atoms with van der Waals surface area (Å²) in [6.07, 6.45) is 3.20. The van der Waals surface area contributed by atoms with Gasteiger partial charge in [-0.1, -0.05) is 5.21 Å². The van der Waals surface area contributed by atoms with Gasteiger partial charge in [0.1, 0.15) is 12.3 Å². The van der Waals surface area contributed by atoms with Crippen LogP contribution in [0, 0.1) is 0 Å². The fourth-order valence-corrected chi connectivity index (χ4v) is 3.06. The number of methoxy groups -OCH3 is 1. The molecule has 0 fully saturated rings. The van der Waals surface area contributed by atoms with E-state index in [1.165, 1.54) is 30.1 Å². The summed E-state index contributed by atoms with van der Waals surface area (Å²) >= 11 is 4.69. The second-order valence-corrected chi connectivity index (χ2v) is 8.13. The van der Waals surface area contributed by atoms with Crippen LogP contribution in [0.3, 0.4) is 0 Å². The van der Waals surface area contributed by atoms with Crippen molar-refractivity contribution in [3.63, 3.8) is 0 Å². The molecule has 0 bridgehead atoms. The minimum absolute atomic E-state index is 0.0129. The number of thiocarbonyl (C=S) groups is 1. The Morgan fingerprint density at radius 1 is 1.26 bits per heavy atom. The van der Waals surface area contributed by atoms with Crippen LogP contribution in [0.4, 0.5) is 0 Å². The summed E-state index contributed by atoms with van der Waals surface area (Å²) in [7, 11) is -2.23. The second kappa shape index (κ2) is 9.51. The number of nitrogens with zero attached hydrogens (tertiary/aromatic N) is 4. The Kier molecular flexibility index (Phi) is 6.79. The molecular weight excluding hydrogens is 442 g/mol. The van der Waals surface area contributed by atoms with E-state index in [0.29, 0.717) is 22.9 Å². The summed E-state index contributed by atoms with van der Waals surface area (Å²) in [6.45, 7) is 0.122. The van der Waals surface area contributed by atoms with Gasteiger partial charge >= 0.3 is 0 Å². The largest absolute Gasteiger partial charge is 0.493 e. The molecule has 1 aromatic heterocycles. The van der Waals surface area contributed by atoms with E-state index in [4.69, 9.17) is 32.6 Å². The highest BCUT2D eigenvalue weighted by Crippen LogP contribution is 2.28. The topological polar surface area (TPSA) is 160 Å². The number of aromatic nitrogens is 3. The molecule has 0 unspecified atom stereocenters. The van der Waals surface area contributed by atoms with Crippen molar-refractivity contribution < 1.29 is 17.9 Å². The molecule has 0 atom stereocenters. The van der Waals surface area contributed by atoms with Crippen LogP contribution in [0.15, 0.2) is 58.7 Å². The SMILES string of the molecule is COc1ccc(/C=N/NC(N)=S)cc1OCc1cn(-c2ccc(S(N)(=O)=O)cc2)nn1. The van der Waals surface area contributed by atoms with Gasteiger partial charge < -0.3 is 15.2 Å². The molecule has 0 aliphatic heterocycles. The highest BCUT2D eigenvalue weighted by atomic mass is 32.2. The van der Waals surface area contributed by atoms with Gasteiger partial charge in [-0.2, -0.15) is 5.10 Å². The van der Waals surface area contributed by atoms with Crippen molar-refractivity contribution in [3.05, 3.63) is 59.9 Å². The number of hydrazone groups is 1. The van der Waals surface area contributed by atoms with Crippen LogP contribution in [-0.2, 0) is 16.6 Å². The predicted octanol–water partition coefficient (Wildman–Crippen LogP) is 0.669. The van der Waals surface area contributed by atoms with E-state index < -0.39 is 10.0 Å². The minimum Gasteiger partial charge on any atom is -0.493 e. The average molecular weight is 462 g/mol. The van der Waals surface area contributed by atoms with Crippen molar-refractivity contribution in [2.24, 2.45) is 16.0 Å². The Balaban J connectivity index is 1.71. The van der Waals surface area contributed by atoms with E-state index in [1.54, 1.807) is 36.5 Å². The molecule has 0 saturated carbocycles. The molecule has 2 aromatic carbocycles. The van der Waals surface area contributed by atoms with Crippen LogP contribution >= 0.6 is 12.2 Å². The number of benzene rings is 2. The monoisotopic (exact) mass is 461 g/mol. The maximum atomic E-state index is 11.4. The fourth-order valence-electron chi connectivity index (χ4n) is 2.49. The minimum atomic E-state index is -3.76. The van der Waals surface area contributed by atoms with Gasteiger partial charge in [0, 0.05) is 0 Å². The van der Waals surface area contributed by atoms with Crippen LogP contribution in [-0.4, -0.2) is 41.8 Å². The lowest BCUT2D eigenvalue weighted by Crippen LogP contribution is -2.23. The van der Waals surface area contributed by atoms with Crippen LogP contribution in [0.1, 0.15) is 11.3 Å². The second-order valence-electron chi connectivity index (χ2n) is 6.13. The molecule has 31 heavy (non-hydrogen) atoms. The smallest absolute Gasteiger partial charge is 0.238 e. The highest BCUT2D eigenvalue weighted by molar-refractivity contribution is 7.89. The summed E-state index contributed by atoms with van der Waals surface area (Å²) in [5.74, 6) is 1.01. The van der Waals surface area contributed by atoms with E-state index in [-0.39, 0.29) is 16.6 Å². The predicted molar refractivity (Wildman–Crippen MR) is 118 cm³/mol. The normalized spacial score (nSPS) is 11.4. The van der Waals surface area contributed by atoms with Gasteiger partial charge in [0.15, 0.2) is 16.6 Å². The van der Waals surface area contributed by atoms with E-state index in [2.05, 4.69) is 20.8 Å². The summed E-state index contributed by atoms with van der Waals surface area (Å²) in [5, 5.41) is 17.2. The molecule has 13 heteroatoms. The Labute approximate surface area is 183 Å². The summed E-state index contributed by atoms with van der Waals surface area (Å²) < 4.78 is 35.4. The first-order chi connectivity index (χ1) is 14.8. The molecule has 0 radical (unpaired) electrons. The first-order valence-electron chi connectivity index (χ1n) is 8.70. The molecule has 0 amide bonds. The third kappa shape index (κ3) is 5.97. The quantitative estimate of drug-likeness (QED) is 0.249. The van der Waals surface area contributed by atoms with Crippen molar-refractivity contribution >= 4 is 33.6 Å². The number of primary sulfonamides is 1. The molecule has 11 nitrogen and oxygen atoms in total. The van der Waals surface area contributed by atoms with Gasteiger partial charge in [-0.3, -0.25) is 5.43 Å². The first-order valence-corrected chi connectivity index (χ1v) is 10.7. The average Bonchev–Trinajstić information content (AvgIpc) is 3.20. The molecule has 0 saturated heterocycles. The summed E-state index contributed by atoms with van der Waals surface area (Å²) in [5.41, 5.74) is 9.70. The zero-order valence-electron chi connectivity index (χ0n) is 16.3. The van der Waals surface area contributed by atoms with Gasteiger partial charge in [-0.05, 0) is 60.2 Å². The van der Waals surface area contributed by atoms with Gasteiger partial charge in [-0.25, -0.2) is 18.2 Å². The van der Waals surface area contributed by atoms with Gasteiger partial charge in [0.05, 0.1) is 30.1 Å². The molecular formula is C18H19N7O4S2. The zero-order valence-corrected chi connectivity index (χ0v) is 17.9. The summed E-state index contributed by atoms with van der Waals surface area (Å²) in [6, 6.07) is 11.2. The Bertz CT molecular complexity index is 1210. The lowest BCUT2D eigenvalue weighted by Gasteiger charge is -2.10. The lowest BCUT2D eigenvalue weighted by molar-refractivity contribution is 0.280. The fraction of sp³-hybridized carbons (Fsp3) is 0.111. The van der Waals surface area contributed by atoms with Gasteiger partial charge in [0.25, 0.3) is 0 Å².